The molecule has 2 nitrogen and oxygen atoms in total. The summed E-state index contributed by atoms with van der Waals surface area (Å²) in [6.45, 7) is 3.01. The molecule has 2 rings (SSSR count). The van der Waals surface area contributed by atoms with Crippen LogP contribution in [-0.4, -0.2) is 12.5 Å². The first-order chi connectivity index (χ1) is 14.2. The topological polar surface area (TPSA) is 29.1 Å². The predicted molar refractivity (Wildman–Crippen MR) is 129 cm³/mol. The molecular weight excluding hydrogens is 398 g/mol. The first-order valence-corrected chi connectivity index (χ1v) is 12.9. The van der Waals surface area contributed by atoms with E-state index in [1.165, 1.54) is 94.8 Å². The maximum absolute atomic E-state index is 12.4. The third kappa shape index (κ3) is 9.09. The maximum atomic E-state index is 12.4. The van der Waals surface area contributed by atoms with Crippen LogP contribution in [-0.2, 0) is 0 Å². The maximum Gasteiger partial charge on any atom is 0.262 e. The van der Waals surface area contributed by atoms with Crippen LogP contribution in [0.4, 0.5) is 0 Å². The van der Waals surface area contributed by atoms with E-state index in [9.17, 15) is 4.79 Å². The van der Waals surface area contributed by atoms with Crippen molar-refractivity contribution in [3.63, 3.8) is 0 Å². The van der Waals surface area contributed by atoms with Crippen molar-refractivity contribution in [3.05, 3.63) is 34.2 Å². The van der Waals surface area contributed by atoms with Crippen molar-refractivity contribution in [1.29, 1.82) is 0 Å². The summed E-state index contributed by atoms with van der Waals surface area (Å²) < 4.78 is 1.07. The fourth-order valence-electron chi connectivity index (χ4n) is 3.76. The number of hydrogen-bond donors (Lipinski definition) is 1. The fraction of sp³-hybridized carbons (Fsp3) is 0.640. The number of fused-ring (bicyclic) bond motifs is 1. The molecule has 29 heavy (non-hydrogen) atoms. The van der Waals surface area contributed by atoms with E-state index in [2.05, 4.69) is 12.2 Å². The highest BCUT2D eigenvalue weighted by atomic mass is 35.5. The van der Waals surface area contributed by atoms with Crippen molar-refractivity contribution >= 4 is 38.9 Å². The number of benzene rings is 1. The number of carbonyl (C=O) groups is 1. The first-order valence-electron chi connectivity index (χ1n) is 11.7. The molecule has 0 bridgehead atoms. The van der Waals surface area contributed by atoms with Crippen LogP contribution in [0.25, 0.3) is 10.1 Å². The summed E-state index contributed by atoms with van der Waals surface area (Å²) in [4.78, 5) is 13.0. The van der Waals surface area contributed by atoms with E-state index in [-0.39, 0.29) is 5.91 Å². The third-order valence-corrected chi connectivity index (χ3v) is 7.23. The molecule has 0 spiro atoms. The summed E-state index contributed by atoms with van der Waals surface area (Å²) in [5, 5.41) is 4.59. The summed E-state index contributed by atoms with van der Waals surface area (Å²) in [6, 6.07) is 7.91. The van der Waals surface area contributed by atoms with Gasteiger partial charge in [-0.2, -0.15) is 0 Å². The van der Waals surface area contributed by atoms with Crippen molar-refractivity contribution in [2.24, 2.45) is 0 Å². The lowest BCUT2D eigenvalue weighted by molar-refractivity contribution is 0.0957. The molecule has 0 aliphatic rings. The number of nitrogens with one attached hydrogen (secondary N) is 1. The molecule has 1 aromatic heterocycles. The Balaban J connectivity index is 1.43. The van der Waals surface area contributed by atoms with Crippen LogP contribution in [0.1, 0.15) is 106 Å². The Morgan fingerprint density at radius 2 is 1.34 bits per heavy atom. The number of rotatable bonds is 16. The van der Waals surface area contributed by atoms with Crippen LogP contribution in [0, 0.1) is 0 Å². The van der Waals surface area contributed by atoms with Crippen LogP contribution in [0.5, 0.6) is 0 Å². The third-order valence-electron chi connectivity index (χ3n) is 5.56. The second kappa shape index (κ2) is 14.8. The quantitative estimate of drug-likeness (QED) is 0.262. The van der Waals surface area contributed by atoms with Crippen molar-refractivity contribution in [2.75, 3.05) is 6.54 Å². The van der Waals surface area contributed by atoms with E-state index in [0.717, 1.165) is 23.1 Å². The van der Waals surface area contributed by atoms with Gasteiger partial charge in [0, 0.05) is 16.6 Å². The van der Waals surface area contributed by atoms with E-state index in [0.29, 0.717) is 9.90 Å². The Morgan fingerprint density at radius 3 is 1.90 bits per heavy atom. The number of hydrogen-bond acceptors (Lipinski definition) is 2. The number of carbonyl (C=O) groups excluding carboxylic acids is 1. The predicted octanol–water partition coefficient (Wildman–Crippen LogP) is 8.77. The van der Waals surface area contributed by atoms with Gasteiger partial charge in [-0.15, -0.1) is 11.3 Å². The standard InChI is InChI=1S/C25H38ClNOS/c1-2-3-4-5-6-7-8-9-10-11-12-13-14-17-20-27-25(28)24-23(26)21-18-15-16-19-22(21)29-24/h15-16,18-19H,2-14,17,20H2,1H3,(H,27,28). The van der Waals surface area contributed by atoms with Gasteiger partial charge in [0.25, 0.3) is 5.91 Å². The summed E-state index contributed by atoms with van der Waals surface area (Å²) in [7, 11) is 0. The average molecular weight is 436 g/mol. The number of unbranched alkanes of at least 4 members (excludes halogenated alkanes) is 13. The Bertz CT molecular complexity index is 712. The van der Waals surface area contributed by atoms with E-state index in [1.807, 2.05) is 24.3 Å². The van der Waals surface area contributed by atoms with Crippen molar-refractivity contribution in [2.45, 2.75) is 96.8 Å². The van der Waals surface area contributed by atoms with Gasteiger partial charge in [-0.25, -0.2) is 0 Å². The van der Waals surface area contributed by atoms with Gasteiger partial charge in [0.15, 0.2) is 0 Å². The number of thiophene rings is 1. The monoisotopic (exact) mass is 435 g/mol. The molecule has 0 atom stereocenters. The molecule has 0 fully saturated rings. The van der Waals surface area contributed by atoms with Crippen LogP contribution in [0.15, 0.2) is 24.3 Å². The summed E-state index contributed by atoms with van der Waals surface area (Å²) >= 11 is 7.85. The van der Waals surface area contributed by atoms with Crippen LogP contribution < -0.4 is 5.32 Å². The van der Waals surface area contributed by atoms with Gasteiger partial charge in [0.05, 0.1) is 5.02 Å². The Labute approximate surface area is 186 Å². The molecule has 0 aliphatic carbocycles. The summed E-state index contributed by atoms with van der Waals surface area (Å²) in [5.74, 6) is -0.0362. The fourth-order valence-corrected chi connectivity index (χ4v) is 5.20. The minimum Gasteiger partial charge on any atom is -0.351 e. The van der Waals surface area contributed by atoms with Gasteiger partial charge in [0.2, 0.25) is 0 Å². The zero-order valence-corrected chi connectivity index (χ0v) is 19.7. The molecule has 1 aromatic carbocycles. The number of halogens is 1. The molecule has 162 valence electrons. The molecular formula is C25H38ClNOS. The molecule has 1 amide bonds. The Kier molecular flexibility index (Phi) is 12.4. The molecule has 1 heterocycles. The number of amides is 1. The molecule has 0 saturated carbocycles. The van der Waals surface area contributed by atoms with Gasteiger partial charge in [0.1, 0.15) is 4.88 Å². The van der Waals surface area contributed by atoms with Gasteiger partial charge in [-0.05, 0) is 12.5 Å². The molecule has 1 N–H and O–H groups in total. The molecule has 0 unspecified atom stereocenters. The molecule has 0 saturated heterocycles. The highest BCUT2D eigenvalue weighted by Gasteiger charge is 2.16. The Morgan fingerprint density at radius 1 is 0.828 bits per heavy atom. The van der Waals surface area contributed by atoms with Crippen LogP contribution in [0.2, 0.25) is 5.02 Å². The van der Waals surface area contributed by atoms with Crippen molar-refractivity contribution in [1.82, 2.24) is 5.32 Å². The molecule has 2 aromatic rings. The minimum absolute atomic E-state index is 0.0362. The largest absolute Gasteiger partial charge is 0.351 e. The van der Waals surface area contributed by atoms with Crippen LogP contribution in [0.3, 0.4) is 0 Å². The lowest BCUT2D eigenvalue weighted by Gasteiger charge is -2.05. The smallest absolute Gasteiger partial charge is 0.262 e. The van der Waals surface area contributed by atoms with Crippen molar-refractivity contribution in [3.8, 4) is 0 Å². The Hall–Kier alpha value is -1.06. The van der Waals surface area contributed by atoms with E-state index < -0.39 is 0 Å². The van der Waals surface area contributed by atoms with Gasteiger partial charge < -0.3 is 5.32 Å². The van der Waals surface area contributed by atoms with E-state index in [1.54, 1.807) is 0 Å². The molecule has 4 heteroatoms. The second-order valence-electron chi connectivity index (χ2n) is 8.09. The zero-order valence-electron chi connectivity index (χ0n) is 18.1. The average Bonchev–Trinajstić information content (AvgIpc) is 3.07. The second-order valence-corrected chi connectivity index (χ2v) is 9.52. The zero-order chi connectivity index (χ0) is 20.7. The lowest BCUT2D eigenvalue weighted by atomic mass is 10.0. The highest BCUT2D eigenvalue weighted by molar-refractivity contribution is 7.21. The SMILES string of the molecule is CCCCCCCCCCCCCCCCNC(=O)c1sc2ccccc2c1Cl. The van der Waals surface area contributed by atoms with E-state index in [4.69, 9.17) is 11.6 Å². The van der Waals surface area contributed by atoms with Crippen LogP contribution >= 0.6 is 22.9 Å². The van der Waals surface area contributed by atoms with Crippen molar-refractivity contribution < 1.29 is 4.79 Å². The lowest BCUT2D eigenvalue weighted by Crippen LogP contribution is -2.23. The first kappa shape index (κ1) is 24.2. The van der Waals surface area contributed by atoms with E-state index >= 15 is 0 Å². The molecule has 0 aliphatic heterocycles. The molecule has 0 radical (unpaired) electrons. The summed E-state index contributed by atoms with van der Waals surface area (Å²) in [6.07, 6.45) is 18.9. The minimum atomic E-state index is -0.0362. The highest BCUT2D eigenvalue weighted by Crippen LogP contribution is 2.34. The van der Waals surface area contributed by atoms with Gasteiger partial charge in [-0.1, -0.05) is 120 Å². The summed E-state index contributed by atoms with van der Waals surface area (Å²) in [5.41, 5.74) is 0. The van der Waals surface area contributed by atoms with Gasteiger partial charge in [-0.3, -0.25) is 4.79 Å². The van der Waals surface area contributed by atoms with Gasteiger partial charge >= 0.3 is 0 Å². The normalized spacial score (nSPS) is 11.2.